The third-order valence-corrected chi connectivity index (χ3v) is 1.40. The molecule has 10 heavy (non-hydrogen) atoms. The van der Waals surface area contributed by atoms with E-state index in [-0.39, 0.29) is 11.6 Å². The van der Waals surface area contributed by atoms with Gasteiger partial charge in [-0.1, -0.05) is 0 Å². The van der Waals surface area contributed by atoms with Crippen molar-refractivity contribution >= 4 is 11.9 Å². The van der Waals surface area contributed by atoms with Gasteiger partial charge in [-0.05, 0) is 6.92 Å². The molecule has 1 fully saturated rings. The molecule has 0 spiro atoms. The molecule has 0 bridgehead atoms. The lowest BCUT2D eigenvalue weighted by Crippen LogP contribution is -2.30. The predicted molar refractivity (Wildman–Crippen MR) is 31.3 cm³/mol. The van der Waals surface area contributed by atoms with Gasteiger partial charge in [-0.25, -0.2) is 4.79 Å². The van der Waals surface area contributed by atoms with Gasteiger partial charge in [0.15, 0.2) is 0 Å². The number of rotatable bonds is 1. The van der Waals surface area contributed by atoms with E-state index in [9.17, 15) is 9.59 Å². The first-order chi connectivity index (χ1) is 4.66. The maximum atomic E-state index is 10.7. The largest absolute Gasteiger partial charge is 0.351 e. The first-order valence-electron chi connectivity index (χ1n) is 2.97. The van der Waals surface area contributed by atoms with E-state index in [1.54, 1.807) is 6.92 Å². The molecule has 1 aliphatic rings. The molecule has 1 heterocycles. The van der Waals surface area contributed by atoms with Crippen molar-refractivity contribution in [3.63, 3.8) is 0 Å². The molecule has 1 aliphatic heterocycles. The minimum absolute atomic E-state index is 0.00810. The molecule has 0 atom stereocenters. The SMILES string of the molecule is CCN1CC(=O)N(O)C1=O. The zero-order chi connectivity index (χ0) is 7.72. The zero-order valence-electron chi connectivity index (χ0n) is 5.57. The molecule has 1 saturated heterocycles. The highest BCUT2D eigenvalue weighted by atomic mass is 16.5. The van der Waals surface area contributed by atoms with Crippen molar-refractivity contribution in [2.24, 2.45) is 0 Å². The number of carbonyl (C=O) groups excluding carboxylic acids is 2. The minimum atomic E-state index is -0.632. The fraction of sp³-hybridized carbons (Fsp3) is 0.600. The second-order valence-corrected chi connectivity index (χ2v) is 2.00. The van der Waals surface area contributed by atoms with Gasteiger partial charge >= 0.3 is 6.03 Å². The van der Waals surface area contributed by atoms with Crippen LogP contribution in [0.15, 0.2) is 0 Å². The van der Waals surface area contributed by atoms with Crippen molar-refractivity contribution in [1.29, 1.82) is 0 Å². The Bertz CT molecular complexity index is 180. The van der Waals surface area contributed by atoms with E-state index < -0.39 is 11.9 Å². The van der Waals surface area contributed by atoms with Crippen molar-refractivity contribution in [1.82, 2.24) is 9.96 Å². The lowest BCUT2D eigenvalue weighted by molar-refractivity contribution is -0.146. The molecular weight excluding hydrogens is 136 g/mol. The Hall–Kier alpha value is -1.10. The van der Waals surface area contributed by atoms with Gasteiger partial charge in [-0.15, -0.1) is 5.06 Å². The standard InChI is InChI=1S/C5H8N2O3/c1-2-6-3-4(8)7(10)5(6)9/h10H,2-3H2,1H3. The van der Waals surface area contributed by atoms with E-state index in [4.69, 9.17) is 5.21 Å². The van der Waals surface area contributed by atoms with Crippen molar-refractivity contribution < 1.29 is 14.8 Å². The molecular formula is C5H8N2O3. The van der Waals surface area contributed by atoms with Crippen LogP contribution in [-0.4, -0.2) is 40.2 Å². The van der Waals surface area contributed by atoms with Crippen LogP contribution >= 0.6 is 0 Å². The van der Waals surface area contributed by atoms with Crippen LogP contribution in [0.3, 0.4) is 0 Å². The first-order valence-corrected chi connectivity index (χ1v) is 2.97. The fourth-order valence-electron chi connectivity index (χ4n) is 0.786. The molecule has 56 valence electrons. The average molecular weight is 144 g/mol. The normalized spacial score (nSPS) is 19.0. The maximum absolute atomic E-state index is 10.7. The van der Waals surface area contributed by atoms with E-state index >= 15 is 0 Å². The molecule has 0 aromatic heterocycles. The van der Waals surface area contributed by atoms with Gasteiger partial charge < -0.3 is 4.90 Å². The zero-order valence-corrected chi connectivity index (χ0v) is 5.57. The van der Waals surface area contributed by atoms with Crippen LogP contribution < -0.4 is 0 Å². The molecule has 3 amide bonds. The highest BCUT2D eigenvalue weighted by molar-refractivity contribution is 6.00. The van der Waals surface area contributed by atoms with E-state index in [1.807, 2.05) is 0 Å². The Morgan fingerprint density at radius 2 is 2.20 bits per heavy atom. The van der Waals surface area contributed by atoms with Crippen molar-refractivity contribution in [2.45, 2.75) is 6.92 Å². The van der Waals surface area contributed by atoms with E-state index in [0.717, 1.165) is 0 Å². The number of hydrogen-bond acceptors (Lipinski definition) is 3. The van der Waals surface area contributed by atoms with Crippen LogP contribution in [0.2, 0.25) is 0 Å². The van der Waals surface area contributed by atoms with E-state index in [1.165, 1.54) is 4.90 Å². The Morgan fingerprint density at radius 3 is 2.40 bits per heavy atom. The van der Waals surface area contributed by atoms with Gasteiger partial charge in [-0.2, -0.15) is 0 Å². The molecule has 0 saturated carbocycles. The van der Waals surface area contributed by atoms with E-state index in [0.29, 0.717) is 6.54 Å². The molecule has 0 aromatic rings. The summed E-state index contributed by atoms with van der Waals surface area (Å²) >= 11 is 0. The molecule has 5 heteroatoms. The van der Waals surface area contributed by atoms with Crippen LogP contribution in [0.1, 0.15) is 6.92 Å². The number of hydrogen-bond donors (Lipinski definition) is 1. The van der Waals surface area contributed by atoms with Gasteiger partial charge in [-0.3, -0.25) is 10.0 Å². The smallest absolute Gasteiger partial charge is 0.313 e. The van der Waals surface area contributed by atoms with Gasteiger partial charge in [0.25, 0.3) is 5.91 Å². The second kappa shape index (κ2) is 2.26. The van der Waals surface area contributed by atoms with Crippen molar-refractivity contribution in [3.05, 3.63) is 0 Å². The number of imide groups is 1. The summed E-state index contributed by atoms with van der Waals surface area (Å²) in [5, 5.41) is 8.80. The van der Waals surface area contributed by atoms with Crippen LogP contribution in [0.5, 0.6) is 0 Å². The van der Waals surface area contributed by atoms with E-state index in [2.05, 4.69) is 0 Å². The fourth-order valence-corrected chi connectivity index (χ4v) is 0.786. The summed E-state index contributed by atoms with van der Waals surface area (Å²) in [5.74, 6) is -0.563. The topological polar surface area (TPSA) is 60.9 Å². The number of urea groups is 1. The number of amides is 3. The molecule has 1 N–H and O–H groups in total. The lowest BCUT2D eigenvalue weighted by Gasteiger charge is -2.08. The Morgan fingerprint density at radius 1 is 1.60 bits per heavy atom. The summed E-state index contributed by atoms with van der Waals surface area (Å²) in [4.78, 5) is 22.5. The summed E-state index contributed by atoms with van der Waals surface area (Å²) < 4.78 is 0. The summed E-state index contributed by atoms with van der Waals surface area (Å²) in [6.07, 6.45) is 0. The predicted octanol–water partition coefficient (Wildman–Crippen LogP) is -0.340. The Kier molecular flexibility index (Phi) is 1.58. The number of hydroxylamine groups is 2. The molecule has 0 radical (unpaired) electrons. The van der Waals surface area contributed by atoms with Crippen LogP contribution in [0, 0.1) is 0 Å². The molecule has 0 aliphatic carbocycles. The summed E-state index contributed by atoms with van der Waals surface area (Å²) in [7, 11) is 0. The van der Waals surface area contributed by atoms with Crippen LogP contribution in [-0.2, 0) is 4.79 Å². The third-order valence-electron chi connectivity index (χ3n) is 1.40. The number of nitrogens with zero attached hydrogens (tertiary/aromatic N) is 2. The Labute approximate surface area is 57.8 Å². The van der Waals surface area contributed by atoms with Gasteiger partial charge in [0.05, 0.1) is 0 Å². The van der Waals surface area contributed by atoms with Crippen LogP contribution in [0.25, 0.3) is 0 Å². The molecule has 0 unspecified atom stereocenters. The maximum Gasteiger partial charge on any atom is 0.351 e. The van der Waals surface area contributed by atoms with Gasteiger partial charge in [0, 0.05) is 6.54 Å². The molecule has 5 nitrogen and oxygen atoms in total. The highest BCUT2D eigenvalue weighted by Gasteiger charge is 2.33. The Balaban J connectivity index is 2.71. The second-order valence-electron chi connectivity index (χ2n) is 2.00. The van der Waals surface area contributed by atoms with Crippen LogP contribution in [0.4, 0.5) is 4.79 Å². The molecule has 1 rings (SSSR count). The van der Waals surface area contributed by atoms with Gasteiger partial charge in [0.1, 0.15) is 6.54 Å². The van der Waals surface area contributed by atoms with Crippen molar-refractivity contribution in [2.75, 3.05) is 13.1 Å². The first kappa shape index (κ1) is 7.01. The summed E-state index contributed by atoms with van der Waals surface area (Å²) in [6.45, 7) is 2.18. The highest BCUT2D eigenvalue weighted by Crippen LogP contribution is 2.05. The number of likely N-dealkylation sites (N-methyl/N-ethyl adjacent to an activating group) is 1. The molecule has 0 aromatic carbocycles. The quantitative estimate of drug-likeness (QED) is 0.404. The minimum Gasteiger partial charge on any atom is -0.313 e. The lowest BCUT2D eigenvalue weighted by atomic mass is 10.6. The number of carbonyl (C=O) groups is 2. The van der Waals surface area contributed by atoms with Crippen molar-refractivity contribution in [3.8, 4) is 0 Å². The monoisotopic (exact) mass is 144 g/mol. The summed E-state index contributed by atoms with van der Waals surface area (Å²) in [6, 6.07) is -0.632. The average Bonchev–Trinajstić information content (AvgIpc) is 2.17. The van der Waals surface area contributed by atoms with Gasteiger partial charge in [0.2, 0.25) is 0 Å². The third kappa shape index (κ3) is 0.841. The summed E-state index contributed by atoms with van der Waals surface area (Å²) in [5.41, 5.74) is 0.